The second kappa shape index (κ2) is 8.40. The first-order valence-electron chi connectivity index (χ1n) is 10.2. The smallest absolute Gasteiger partial charge is 0.419 e. The van der Waals surface area contributed by atoms with Gasteiger partial charge in [0.15, 0.2) is 11.6 Å². The predicted octanol–water partition coefficient (Wildman–Crippen LogP) is 7.16. The van der Waals surface area contributed by atoms with Crippen LogP contribution in [0.25, 0.3) is 0 Å². The van der Waals surface area contributed by atoms with E-state index in [0.29, 0.717) is 12.5 Å². The highest BCUT2D eigenvalue weighted by Gasteiger charge is 2.37. The molecule has 27 heavy (non-hydrogen) atoms. The van der Waals surface area contributed by atoms with Crippen molar-refractivity contribution < 1.29 is 22.3 Å². The Bertz CT molecular complexity index is 624. The molecule has 0 saturated heterocycles. The Kier molecular flexibility index (Phi) is 6.37. The third-order valence-corrected chi connectivity index (χ3v) is 6.69. The van der Waals surface area contributed by atoms with Crippen molar-refractivity contribution in [3.05, 3.63) is 29.1 Å². The van der Waals surface area contributed by atoms with Gasteiger partial charge in [-0.1, -0.05) is 25.8 Å². The van der Waals surface area contributed by atoms with Crippen molar-refractivity contribution in [3.8, 4) is 5.75 Å². The fraction of sp³-hybridized carbons (Fsp3) is 0.727. The van der Waals surface area contributed by atoms with E-state index in [1.807, 2.05) is 0 Å². The van der Waals surface area contributed by atoms with Crippen molar-refractivity contribution in [2.45, 2.75) is 71.4 Å². The number of rotatable bonds is 4. The molecule has 0 bridgehead atoms. The average Bonchev–Trinajstić information content (AvgIpc) is 2.61. The van der Waals surface area contributed by atoms with Gasteiger partial charge in [-0.25, -0.2) is 4.39 Å². The van der Waals surface area contributed by atoms with Crippen LogP contribution in [0.2, 0.25) is 0 Å². The zero-order chi connectivity index (χ0) is 19.6. The summed E-state index contributed by atoms with van der Waals surface area (Å²) in [5.74, 6) is 1.22. The van der Waals surface area contributed by atoms with Crippen molar-refractivity contribution in [2.24, 2.45) is 23.7 Å². The number of hydrogen-bond acceptors (Lipinski definition) is 1. The first-order chi connectivity index (χ1) is 12.8. The van der Waals surface area contributed by atoms with Crippen LogP contribution in [-0.4, -0.2) is 6.61 Å². The summed E-state index contributed by atoms with van der Waals surface area (Å²) in [6.07, 6.45) is 5.01. The fourth-order valence-corrected chi connectivity index (χ4v) is 4.90. The minimum Gasteiger partial charge on any atom is -0.490 e. The number of hydrogen-bond donors (Lipinski definition) is 0. The Morgan fingerprint density at radius 2 is 1.48 bits per heavy atom. The molecular formula is C22H30F4O. The summed E-state index contributed by atoms with van der Waals surface area (Å²) in [4.78, 5) is 0. The lowest BCUT2D eigenvalue weighted by molar-refractivity contribution is -0.140. The van der Waals surface area contributed by atoms with Gasteiger partial charge in [-0.3, -0.25) is 0 Å². The number of halogens is 4. The van der Waals surface area contributed by atoms with Crippen LogP contribution in [0.5, 0.6) is 5.75 Å². The summed E-state index contributed by atoms with van der Waals surface area (Å²) in [6.45, 7) is 3.90. The molecule has 0 atom stereocenters. The van der Waals surface area contributed by atoms with Gasteiger partial charge in [0.2, 0.25) is 0 Å². The highest BCUT2D eigenvalue weighted by molar-refractivity contribution is 5.38. The van der Waals surface area contributed by atoms with Crippen LogP contribution >= 0.6 is 0 Å². The van der Waals surface area contributed by atoms with Crippen molar-refractivity contribution in [2.75, 3.05) is 6.61 Å². The monoisotopic (exact) mass is 386 g/mol. The predicted molar refractivity (Wildman–Crippen MR) is 98.2 cm³/mol. The van der Waals surface area contributed by atoms with Gasteiger partial charge >= 0.3 is 6.18 Å². The Hall–Kier alpha value is -1.26. The molecule has 5 heteroatoms. The van der Waals surface area contributed by atoms with Crippen molar-refractivity contribution in [3.63, 3.8) is 0 Å². The van der Waals surface area contributed by atoms with E-state index in [2.05, 4.69) is 6.92 Å². The molecule has 1 aromatic carbocycles. The molecule has 0 unspecified atom stereocenters. The zero-order valence-corrected chi connectivity index (χ0v) is 16.2. The summed E-state index contributed by atoms with van der Waals surface area (Å²) in [5, 5.41) is 0. The molecule has 1 nitrogen and oxygen atoms in total. The van der Waals surface area contributed by atoms with Crippen LogP contribution in [0.15, 0.2) is 12.1 Å². The van der Waals surface area contributed by atoms with Gasteiger partial charge in [0.25, 0.3) is 0 Å². The standard InChI is InChI=1S/C22H30F4O/c1-14-3-8-17(9-4-14)18-10-6-16(7-11-18)13-27-19-12-5-15(2)20(21(19)23)22(24,25)26/h5,12,14,16-18H,3-4,6-11,13H2,1-2H3. The van der Waals surface area contributed by atoms with Crippen molar-refractivity contribution >= 4 is 0 Å². The molecule has 0 aliphatic heterocycles. The Morgan fingerprint density at radius 1 is 0.926 bits per heavy atom. The number of alkyl halides is 3. The molecule has 0 N–H and O–H groups in total. The van der Waals surface area contributed by atoms with E-state index >= 15 is 0 Å². The summed E-state index contributed by atoms with van der Waals surface area (Å²) in [7, 11) is 0. The maximum Gasteiger partial charge on any atom is 0.419 e. The molecule has 0 radical (unpaired) electrons. The van der Waals surface area contributed by atoms with E-state index < -0.39 is 17.6 Å². The molecule has 0 heterocycles. The van der Waals surface area contributed by atoms with Crippen LogP contribution in [0.4, 0.5) is 17.6 Å². The molecule has 2 aliphatic carbocycles. The molecule has 1 aromatic rings. The van der Waals surface area contributed by atoms with Gasteiger partial charge in [0, 0.05) is 0 Å². The van der Waals surface area contributed by atoms with Crippen molar-refractivity contribution in [1.82, 2.24) is 0 Å². The van der Waals surface area contributed by atoms with E-state index in [4.69, 9.17) is 4.74 Å². The number of ether oxygens (including phenoxy) is 1. The maximum atomic E-state index is 14.3. The molecule has 152 valence electrons. The van der Waals surface area contributed by atoms with E-state index in [1.54, 1.807) is 0 Å². The molecule has 0 amide bonds. The molecule has 3 rings (SSSR count). The molecular weight excluding hydrogens is 356 g/mol. The second-order valence-electron chi connectivity index (χ2n) is 8.68. The fourth-order valence-electron chi connectivity index (χ4n) is 4.90. The Morgan fingerprint density at radius 3 is 2.04 bits per heavy atom. The lowest BCUT2D eigenvalue weighted by Gasteiger charge is -2.37. The first-order valence-corrected chi connectivity index (χ1v) is 10.2. The summed E-state index contributed by atoms with van der Waals surface area (Å²) in [5.41, 5.74) is -1.33. The molecule has 0 aromatic heterocycles. The van der Waals surface area contributed by atoms with Crippen LogP contribution < -0.4 is 4.74 Å². The highest BCUT2D eigenvalue weighted by atomic mass is 19.4. The average molecular weight is 386 g/mol. The quantitative estimate of drug-likeness (QED) is 0.499. The first kappa shape index (κ1) is 20.5. The van der Waals surface area contributed by atoms with Gasteiger partial charge in [0.1, 0.15) is 0 Å². The SMILES string of the molecule is Cc1ccc(OCC2CCC(C3CCC(C)CC3)CC2)c(F)c1C(F)(F)F. The van der Waals surface area contributed by atoms with E-state index in [-0.39, 0.29) is 11.3 Å². The van der Waals surface area contributed by atoms with Crippen LogP contribution in [0.1, 0.15) is 69.4 Å². The van der Waals surface area contributed by atoms with Gasteiger partial charge in [-0.2, -0.15) is 13.2 Å². The van der Waals surface area contributed by atoms with Crippen LogP contribution in [-0.2, 0) is 6.18 Å². The number of aryl methyl sites for hydroxylation is 1. The number of benzene rings is 1. The lowest BCUT2D eigenvalue weighted by atomic mass is 9.69. The minimum atomic E-state index is -4.71. The third-order valence-electron chi connectivity index (χ3n) is 6.69. The Labute approximate surface area is 159 Å². The van der Waals surface area contributed by atoms with Gasteiger partial charge in [-0.15, -0.1) is 0 Å². The summed E-state index contributed by atoms with van der Waals surface area (Å²) in [6, 6.07) is 2.59. The second-order valence-corrected chi connectivity index (χ2v) is 8.68. The van der Waals surface area contributed by atoms with Gasteiger partial charge in [0.05, 0.1) is 12.2 Å². The highest BCUT2D eigenvalue weighted by Crippen LogP contribution is 2.42. The van der Waals surface area contributed by atoms with E-state index in [9.17, 15) is 17.6 Å². The summed E-state index contributed by atoms with van der Waals surface area (Å²) >= 11 is 0. The van der Waals surface area contributed by atoms with Gasteiger partial charge < -0.3 is 4.74 Å². The van der Waals surface area contributed by atoms with Crippen molar-refractivity contribution in [1.29, 1.82) is 0 Å². The molecule has 0 spiro atoms. The van der Waals surface area contributed by atoms with Crippen LogP contribution in [0, 0.1) is 36.4 Å². The largest absolute Gasteiger partial charge is 0.490 e. The third kappa shape index (κ3) is 4.97. The van der Waals surface area contributed by atoms with E-state index in [0.717, 1.165) is 43.4 Å². The van der Waals surface area contributed by atoms with Gasteiger partial charge in [-0.05, 0) is 80.8 Å². The molecule has 2 fully saturated rings. The van der Waals surface area contributed by atoms with E-state index in [1.165, 1.54) is 44.7 Å². The minimum absolute atomic E-state index is 0.116. The summed E-state index contributed by atoms with van der Waals surface area (Å²) < 4.78 is 58.9. The molecule has 2 saturated carbocycles. The molecule has 2 aliphatic rings. The Balaban J connectivity index is 1.52. The normalized spacial score (nSPS) is 29.6. The topological polar surface area (TPSA) is 9.23 Å². The zero-order valence-electron chi connectivity index (χ0n) is 16.2. The lowest BCUT2D eigenvalue weighted by Crippen LogP contribution is -2.27. The van der Waals surface area contributed by atoms with Crippen LogP contribution in [0.3, 0.4) is 0 Å². The maximum absolute atomic E-state index is 14.3.